The monoisotopic (exact) mass is 371 g/mol. The van der Waals surface area contributed by atoms with Crippen molar-refractivity contribution < 1.29 is 14.3 Å². The van der Waals surface area contributed by atoms with Gasteiger partial charge < -0.3 is 20.3 Å². The predicted molar refractivity (Wildman–Crippen MR) is 105 cm³/mol. The Morgan fingerprint density at radius 1 is 1.26 bits per heavy atom. The van der Waals surface area contributed by atoms with Crippen LogP contribution in [0.25, 0.3) is 0 Å². The van der Waals surface area contributed by atoms with Gasteiger partial charge in [-0.2, -0.15) is 0 Å². The van der Waals surface area contributed by atoms with Crippen LogP contribution >= 0.6 is 0 Å². The molecule has 1 aromatic rings. The van der Waals surface area contributed by atoms with E-state index in [0.29, 0.717) is 31.2 Å². The zero-order valence-electron chi connectivity index (χ0n) is 15.8. The Balaban J connectivity index is 1.49. The second-order valence-corrected chi connectivity index (χ2v) is 7.28. The molecule has 2 saturated heterocycles. The topological polar surface area (TPSA) is 70.7 Å². The zero-order valence-corrected chi connectivity index (χ0v) is 15.8. The molecule has 0 aromatic heterocycles. The largest absolute Gasteiger partial charge is 0.490 e. The van der Waals surface area contributed by atoms with E-state index in [1.54, 1.807) is 18.2 Å². The average Bonchev–Trinajstić information content (AvgIpc) is 3.25. The molecule has 6 nitrogen and oxygen atoms in total. The van der Waals surface area contributed by atoms with Gasteiger partial charge in [-0.1, -0.05) is 12.7 Å². The second kappa shape index (κ2) is 9.55. The molecule has 3 rings (SSSR count). The highest BCUT2D eigenvalue weighted by Crippen LogP contribution is 2.20. The number of likely N-dealkylation sites (tertiary alicyclic amines) is 1. The van der Waals surface area contributed by atoms with Crippen LogP contribution in [0.2, 0.25) is 0 Å². The number of amides is 2. The van der Waals surface area contributed by atoms with Crippen molar-refractivity contribution in [3.05, 3.63) is 42.5 Å². The number of hydrogen-bond acceptors (Lipinski definition) is 4. The summed E-state index contributed by atoms with van der Waals surface area (Å²) in [5, 5.41) is 6.27. The van der Waals surface area contributed by atoms with Gasteiger partial charge in [-0.3, -0.25) is 9.59 Å². The molecule has 0 bridgehead atoms. The van der Waals surface area contributed by atoms with Gasteiger partial charge in [0, 0.05) is 25.2 Å². The van der Waals surface area contributed by atoms with Crippen molar-refractivity contribution >= 4 is 11.8 Å². The molecule has 27 heavy (non-hydrogen) atoms. The Kier molecular flexibility index (Phi) is 6.87. The number of benzene rings is 1. The molecule has 0 saturated carbocycles. The van der Waals surface area contributed by atoms with E-state index < -0.39 is 0 Å². The summed E-state index contributed by atoms with van der Waals surface area (Å²) in [5.41, 5.74) is 0.667. The number of nitrogens with zero attached hydrogens (tertiary/aromatic N) is 1. The number of ether oxygens (including phenoxy) is 1. The molecule has 2 unspecified atom stereocenters. The molecule has 0 aliphatic carbocycles. The van der Waals surface area contributed by atoms with E-state index in [4.69, 9.17) is 4.74 Å². The lowest BCUT2D eigenvalue weighted by atomic mass is 9.97. The summed E-state index contributed by atoms with van der Waals surface area (Å²) >= 11 is 0. The molecule has 0 spiro atoms. The highest BCUT2D eigenvalue weighted by molar-refractivity contribution is 5.94. The van der Waals surface area contributed by atoms with Crippen LogP contribution in [0.3, 0.4) is 0 Å². The van der Waals surface area contributed by atoms with E-state index in [-0.39, 0.29) is 17.9 Å². The zero-order chi connectivity index (χ0) is 19.1. The first kappa shape index (κ1) is 19.4. The van der Waals surface area contributed by atoms with Crippen LogP contribution in [0, 0.1) is 5.92 Å². The maximum absolute atomic E-state index is 12.8. The Hall–Kier alpha value is -2.34. The summed E-state index contributed by atoms with van der Waals surface area (Å²) in [4.78, 5) is 26.8. The molecule has 2 fully saturated rings. The van der Waals surface area contributed by atoms with Crippen LogP contribution in [-0.2, 0) is 4.79 Å². The van der Waals surface area contributed by atoms with Crippen molar-refractivity contribution in [3.8, 4) is 5.75 Å². The number of hydrogen-bond donors (Lipinski definition) is 2. The lowest BCUT2D eigenvalue weighted by Gasteiger charge is -2.33. The third-order valence-electron chi connectivity index (χ3n) is 5.22. The SMILES string of the molecule is C=CCOc1ccc(C(=O)N2CCCC(CNC(=O)C3CCCN3)C2)cc1. The molecule has 146 valence electrons. The number of rotatable bonds is 7. The van der Waals surface area contributed by atoms with Crippen LogP contribution in [0.4, 0.5) is 0 Å². The third-order valence-corrected chi connectivity index (χ3v) is 5.22. The first-order valence-electron chi connectivity index (χ1n) is 9.81. The number of carbonyl (C=O) groups is 2. The van der Waals surface area contributed by atoms with Crippen molar-refractivity contribution in [2.24, 2.45) is 5.92 Å². The molecule has 2 amide bonds. The van der Waals surface area contributed by atoms with Crippen molar-refractivity contribution in [2.45, 2.75) is 31.7 Å². The molecule has 0 radical (unpaired) electrons. The molecule has 2 aliphatic heterocycles. The van der Waals surface area contributed by atoms with Gasteiger partial charge in [-0.15, -0.1) is 0 Å². The van der Waals surface area contributed by atoms with Gasteiger partial charge in [-0.25, -0.2) is 0 Å². The summed E-state index contributed by atoms with van der Waals surface area (Å²) in [6.45, 7) is 7.07. The van der Waals surface area contributed by atoms with Gasteiger partial charge in [0.1, 0.15) is 12.4 Å². The van der Waals surface area contributed by atoms with Gasteiger partial charge in [0.25, 0.3) is 5.91 Å². The van der Waals surface area contributed by atoms with Gasteiger partial charge >= 0.3 is 0 Å². The maximum Gasteiger partial charge on any atom is 0.253 e. The van der Waals surface area contributed by atoms with E-state index in [1.807, 2.05) is 17.0 Å². The molecular weight excluding hydrogens is 342 g/mol. The van der Waals surface area contributed by atoms with Crippen molar-refractivity contribution in [1.82, 2.24) is 15.5 Å². The Morgan fingerprint density at radius 3 is 2.78 bits per heavy atom. The minimum Gasteiger partial charge on any atom is -0.490 e. The fourth-order valence-corrected chi connectivity index (χ4v) is 3.72. The van der Waals surface area contributed by atoms with Gasteiger partial charge in [0.05, 0.1) is 6.04 Å². The van der Waals surface area contributed by atoms with Gasteiger partial charge in [-0.05, 0) is 62.4 Å². The summed E-state index contributed by atoms with van der Waals surface area (Å²) < 4.78 is 5.46. The smallest absolute Gasteiger partial charge is 0.253 e. The van der Waals surface area contributed by atoms with Gasteiger partial charge in [0.2, 0.25) is 5.91 Å². The standard InChI is InChI=1S/C21H29N3O3/c1-2-13-27-18-9-7-17(8-10-18)21(26)24-12-4-5-16(15-24)14-23-20(25)19-6-3-11-22-19/h2,7-10,16,19,22H,1,3-6,11-15H2,(H,23,25). The number of nitrogens with one attached hydrogen (secondary N) is 2. The highest BCUT2D eigenvalue weighted by Gasteiger charge is 2.26. The molecule has 2 atom stereocenters. The van der Waals surface area contributed by atoms with Gasteiger partial charge in [0.15, 0.2) is 0 Å². The van der Waals surface area contributed by atoms with Crippen molar-refractivity contribution in [1.29, 1.82) is 0 Å². The highest BCUT2D eigenvalue weighted by atomic mass is 16.5. The van der Waals surface area contributed by atoms with Crippen LogP contribution < -0.4 is 15.4 Å². The van der Waals surface area contributed by atoms with E-state index in [1.165, 1.54) is 0 Å². The first-order valence-corrected chi connectivity index (χ1v) is 9.81. The second-order valence-electron chi connectivity index (χ2n) is 7.28. The summed E-state index contributed by atoms with van der Waals surface area (Å²) in [7, 11) is 0. The van der Waals surface area contributed by atoms with Crippen molar-refractivity contribution in [2.75, 3.05) is 32.8 Å². The Morgan fingerprint density at radius 2 is 2.07 bits per heavy atom. The quantitative estimate of drug-likeness (QED) is 0.719. The first-order chi connectivity index (χ1) is 13.2. The lowest BCUT2D eigenvalue weighted by Crippen LogP contribution is -2.46. The Labute approximate surface area is 161 Å². The molecule has 6 heteroatoms. The van der Waals surface area contributed by atoms with E-state index in [2.05, 4.69) is 17.2 Å². The predicted octanol–water partition coefficient (Wildman–Crippen LogP) is 1.97. The van der Waals surface area contributed by atoms with E-state index >= 15 is 0 Å². The molecule has 1 aromatic carbocycles. The Bertz CT molecular complexity index is 653. The molecular formula is C21H29N3O3. The summed E-state index contributed by atoms with van der Waals surface area (Å²) in [5.74, 6) is 1.17. The average molecular weight is 371 g/mol. The van der Waals surface area contributed by atoms with Crippen molar-refractivity contribution in [3.63, 3.8) is 0 Å². The summed E-state index contributed by atoms with van der Waals surface area (Å²) in [6.07, 6.45) is 5.66. The molecule has 2 heterocycles. The van der Waals surface area contributed by atoms with Crippen LogP contribution in [0.5, 0.6) is 5.75 Å². The lowest BCUT2D eigenvalue weighted by molar-refractivity contribution is -0.123. The minimum atomic E-state index is -0.0480. The maximum atomic E-state index is 12.8. The van der Waals surface area contributed by atoms with Crippen LogP contribution in [0.1, 0.15) is 36.0 Å². The van der Waals surface area contributed by atoms with E-state index in [9.17, 15) is 9.59 Å². The molecule has 2 N–H and O–H groups in total. The fourth-order valence-electron chi connectivity index (χ4n) is 3.72. The molecule has 2 aliphatic rings. The normalized spacial score (nSPS) is 22.3. The van der Waals surface area contributed by atoms with Crippen LogP contribution in [-0.4, -0.2) is 55.5 Å². The number of piperidine rings is 1. The third kappa shape index (κ3) is 5.32. The summed E-state index contributed by atoms with van der Waals surface area (Å²) in [6, 6.07) is 7.18. The fraction of sp³-hybridized carbons (Fsp3) is 0.524. The van der Waals surface area contributed by atoms with E-state index in [0.717, 1.165) is 44.5 Å². The number of carbonyl (C=O) groups excluding carboxylic acids is 2. The van der Waals surface area contributed by atoms with Crippen LogP contribution in [0.15, 0.2) is 36.9 Å². The minimum absolute atomic E-state index is 0.0405.